The van der Waals surface area contributed by atoms with Crippen LogP contribution >= 0.6 is 0 Å². The second-order valence-electron chi connectivity index (χ2n) is 11.5. The SMILES string of the molecule is CCN1CC2CN(Cc3ccc(Nc4ncc(F)c(-c5cc(F)c6nc7n(c6c5)[C@H](C(F)(F)F)CC7)n4)nc3)CC2C1. The Hall–Kier alpha value is -3.71. The van der Waals surface area contributed by atoms with Gasteiger partial charge in [-0.1, -0.05) is 13.0 Å². The molecule has 0 bridgehead atoms. The van der Waals surface area contributed by atoms with Crippen molar-refractivity contribution in [3.8, 4) is 11.3 Å². The molecule has 13 heteroatoms. The van der Waals surface area contributed by atoms with E-state index in [1.807, 2.05) is 6.07 Å². The molecule has 7 rings (SSSR count). The quantitative estimate of drug-likeness (QED) is 0.307. The normalized spacial score (nSPS) is 22.7. The number of fused-ring (bicyclic) bond motifs is 4. The average molecular weight is 585 g/mol. The van der Waals surface area contributed by atoms with Crippen LogP contribution in [0.3, 0.4) is 0 Å². The third-order valence-electron chi connectivity index (χ3n) is 8.73. The maximum Gasteiger partial charge on any atom is 0.409 e. The molecule has 220 valence electrons. The lowest BCUT2D eigenvalue weighted by molar-refractivity contribution is -0.164. The van der Waals surface area contributed by atoms with Gasteiger partial charge >= 0.3 is 6.18 Å². The summed E-state index contributed by atoms with van der Waals surface area (Å²) in [6, 6.07) is 4.27. The Balaban J connectivity index is 1.09. The molecule has 4 aromatic rings. The van der Waals surface area contributed by atoms with Gasteiger partial charge in [0.05, 0.1) is 11.7 Å². The van der Waals surface area contributed by atoms with Crippen LogP contribution in [-0.2, 0) is 13.0 Å². The molecule has 0 aliphatic carbocycles. The first-order valence-corrected chi connectivity index (χ1v) is 14.1. The zero-order chi connectivity index (χ0) is 29.2. The van der Waals surface area contributed by atoms with E-state index in [-0.39, 0.29) is 46.9 Å². The van der Waals surface area contributed by atoms with Crippen LogP contribution in [0, 0.1) is 23.5 Å². The van der Waals surface area contributed by atoms with Crippen molar-refractivity contribution in [2.75, 3.05) is 38.0 Å². The highest BCUT2D eigenvalue weighted by atomic mass is 19.4. The molecule has 6 heterocycles. The highest BCUT2D eigenvalue weighted by Gasteiger charge is 2.46. The smallest absolute Gasteiger partial charge is 0.316 e. The number of imidazole rings is 1. The van der Waals surface area contributed by atoms with Gasteiger partial charge in [0.2, 0.25) is 5.95 Å². The predicted octanol–water partition coefficient (Wildman–Crippen LogP) is 5.34. The number of halogens is 5. The van der Waals surface area contributed by atoms with Gasteiger partial charge < -0.3 is 14.8 Å². The third-order valence-corrected chi connectivity index (χ3v) is 8.73. The first kappa shape index (κ1) is 27.1. The molecule has 1 N–H and O–H groups in total. The minimum absolute atomic E-state index is 0.0146. The van der Waals surface area contributed by atoms with E-state index in [1.165, 1.54) is 6.07 Å². The fourth-order valence-electron chi connectivity index (χ4n) is 6.74. The van der Waals surface area contributed by atoms with Gasteiger partial charge in [-0.2, -0.15) is 13.2 Å². The first-order chi connectivity index (χ1) is 20.2. The largest absolute Gasteiger partial charge is 0.409 e. The molecule has 3 aromatic heterocycles. The summed E-state index contributed by atoms with van der Waals surface area (Å²) in [6.45, 7) is 8.61. The number of nitrogens with one attached hydrogen (secondary N) is 1. The third kappa shape index (κ3) is 4.87. The molecular formula is C29H29F5N8. The summed E-state index contributed by atoms with van der Waals surface area (Å²) in [5, 5.41) is 2.94. The molecule has 3 atom stereocenters. The zero-order valence-corrected chi connectivity index (χ0v) is 22.9. The maximum atomic E-state index is 15.0. The number of benzene rings is 1. The van der Waals surface area contributed by atoms with Gasteiger partial charge in [0, 0.05) is 50.9 Å². The van der Waals surface area contributed by atoms with Crippen molar-refractivity contribution in [3.05, 3.63) is 59.7 Å². The van der Waals surface area contributed by atoms with Crippen molar-refractivity contribution in [2.24, 2.45) is 11.8 Å². The van der Waals surface area contributed by atoms with Gasteiger partial charge in [-0.05, 0) is 48.6 Å². The maximum absolute atomic E-state index is 15.0. The van der Waals surface area contributed by atoms with E-state index in [4.69, 9.17) is 0 Å². The molecule has 3 aliphatic heterocycles. The monoisotopic (exact) mass is 584 g/mol. The number of pyridine rings is 1. The van der Waals surface area contributed by atoms with E-state index in [1.54, 1.807) is 12.3 Å². The fourth-order valence-corrected chi connectivity index (χ4v) is 6.74. The van der Waals surface area contributed by atoms with Crippen LogP contribution in [-0.4, -0.2) is 73.2 Å². The van der Waals surface area contributed by atoms with Gasteiger partial charge in [0.1, 0.15) is 28.9 Å². The van der Waals surface area contributed by atoms with Crippen LogP contribution < -0.4 is 5.32 Å². The van der Waals surface area contributed by atoms with E-state index < -0.39 is 23.9 Å². The van der Waals surface area contributed by atoms with Gasteiger partial charge in [0.25, 0.3) is 0 Å². The number of anilines is 2. The summed E-state index contributed by atoms with van der Waals surface area (Å²) in [6.07, 6.45) is -1.91. The Morgan fingerprint density at radius 2 is 1.69 bits per heavy atom. The molecule has 42 heavy (non-hydrogen) atoms. The molecule has 0 amide bonds. The van der Waals surface area contributed by atoms with Crippen LogP contribution in [0.4, 0.5) is 33.7 Å². The summed E-state index contributed by atoms with van der Waals surface area (Å²) >= 11 is 0. The standard InChI is InChI=1S/C29H29F5N8/c1-2-40-12-18-14-41(15-19(18)13-40)11-16-3-5-24(35-9-16)37-28-36-10-21(31)26(39-28)17-7-20(30)27-22(8-17)42-23(29(32,33)34)4-6-25(42)38-27/h3,5,7-10,18-19,23H,2,4,6,11-15H2,1H3,(H,35,36,37,39)/t18?,19?,23-/m0/s1. The number of nitrogens with zero attached hydrogens (tertiary/aromatic N) is 7. The number of rotatable bonds is 6. The lowest BCUT2D eigenvalue weighted by Crippen LogP contribution is -2.28. The molecule has 2 saturated heterocycles. The Kier molecular flexibility index (Phi) is 6.61. The predicted molar refractivity (Wildman–Crippen MR) is 146 cm³/mol. The highest BCUT2D eigenvalue weighted by Crippen LogP contribution is 2.42. The van der Waals surface area contributed by atoms with Gasteiger partial charge in [-0.15, -0.1) is 0 Å². The molecule has 1 aromatic carbocycles. The molecule has 0 spiro atoms. The summed E-state index contributed by atoms with van der Waals surface area (Å²) in [4.78, 5) is 21.7. The summed E-state index contributed by atoms with van der Waals surface area (Å²) in [5.41, 5.74) is 0.583. The Labute approximate surface area is 238 Å². The minimum Gasteiger partial charge on any atom is -0.316 e. The number of aromatic nitrogens is 5. The highest BCUT2D eigenvalue weighted by molar-refractivity contribution is 5.83. The lowest BCUT2D eigenvalue weighted by Gasteiger charge is -2.20. The topological polar surface area (TPSA) is 75.0 Å². The number of hydrogen-bond donors (Lipinski definition) is 1. The summed E-state index contributed by atoms with van der Waals surface area (Å²) in [7, 11) is 0. The van der Waals surface area contributed by atoms with Crippen molar-refractivity contribution < 1.29 is 22.0 Å². The van der Waals surface area contributed by atoms with Gasteiger partial charge in [-0.25, -0.2) is 28.7 Å². The number of likely N-dealkylation sites (tertiary alicyclic amines) is 2. The van der Waals surface area contributed by atoms with E-state index in [9.17, 15) is 17.6 Å². The molecule has 8 nitrogen and oxygen atoms in total. The second-order valence-corrected chi connectivity index (χ2v) is 11.5. The van der Waals surface area contributed by atoms with E-state index >= 15 is 4.39 Å². The van der Waals surface area contributed by atoms with E-state index in [0.29, 0.717) is 5.82 Å². The van der Waals surface area contributed by atoms with Crippen molar-refractivity contribution in [1.82, 2.24) is 34.3 Å². The van der Waals surface area contributed by atoms with Crippen LogP contribution in [0.2, 0.25) is 0 Å². The summed E-state index contributed by atoms with van der Waals surface area (Å²) in [5.74, 6) is 0.368. The molecular weight excluding hydrogens is 555 g/mol. The average Bonchev–Trinajstić information content (AvgIpc) is 3.70. The minimum atomic E-state index is -4.52. The van der Waals surface area contributed by atoms with Crippen LogP contribution in [0.25, 0.3) is 22.3 Å². The molecule has 2 fully saturated rings. The Morgan fingerprint density at radius 3 is 2.38 bits per heavy atom. The van der Waals surface area contributed by atoms with Crippen LogP contribution in [0.15, 0.2) is 36.7 Å². The Morgan fingerprint density at radius 1 is 0.929 bits per heavy atom. The van der Waals surface area contributed by atoms with Crippen molar-refractivity contribution in [2.45, 2.75) is 38.5 Å². The van der Waals surface area contributed by atoms with E-state index in [2.05, 4.69) is 42.0 Å². The summed E-state index contributed by atoms with van der Waals surface area (Å²) < 4.78 is 71.8. The number of alkyl halides is 3. The van der Waals surface area contributed by atoms with Gasteiger partial charge in [0.15, 0.2) is 11.6 Å². The molecule has 0 radical (unpaired) electrons. The Bertz CT molecular complexity index is 1620. The number of aryl methyl sites for hydroxylation is 1. The van der Waals surface area contributed by atoms with Crippen molar-refractivity contribution in [1.29, 1.82) is 0 Å². The van der Waals surface area contributed by atoms with Gasteiger partial charge in [-0.3, -0.25) is 4.90 Å². The van der Waals surface area contributed by atoms with Crippen molar-refractivity contribution in [3.63, 3.8) is 0 Å². The molecule has 0 saturated carbocycles. The second kappa shape index (κ2) is 10.2. The zero-order valence-electron chi connectivity index (χ0n) is 22.9. The fraction of sp³-hybridized carbons (Fsp3) is 0.448. The number of hydrogen-bond acceptors (Lipinski definition) is 7. The van der Waals surface area contributed by atoms with E-state index in [0.717, 1.165) is 73.5 Å². The van der Waals surface area contributed by atoms with Crippen molar-refractivity contribution >= 4 is 22.8 Å². The lowest BCUT2D eigenvalue weighted by atomic mass is 10.0. The first-order valence-electron chi connectivity index (χ1n) is 14.1. The molecule has 3 aliphatic rings. The van der Waals surface area contributed by atoms with Crippen LogP contribution in [0.5, 0.6) is 0 Å². The molecule has 2 unspecified atom stereocenters. The van der Waals surface area contributed by atoms with Crippen LogP contribution in [0.1, 0.15) is 30.8 Å².